The van der Waals surface area contributed by atoms with E-state index in [4.69, 9.17) is 21.1 Å². The first-order valence-electron chi connectivity index (χ1n) is 7.33. The van der Waals surface area contributed by atoms with E-state index in [1.807, 2.05) is 30.3 Å². The standard InChI is InChI=1S/C18H19ClO3/c1-2-3-11-21-18(20)15-5-4-6-17(12-15)22-13-14-7-9-16(19)10-8-14/h4-10,12H,2-3,11,13H2,1H3. The normalized spacial score (nSPS) is 10.3. The van der Waals surface area contributed by atoms with Crippen molar-refractivity contribution in [1.29, 1.82) is 0 Å². The van der Waals surface area contributed by atoms with Crippen molar-refractivity contribution >= 4 is 17.6 Å². The minimum atomic E-state index is -0.314. The van der Waals surface area contributed by atoms with Crippen LogP contribution in [0, 0.1) is 0 Å². The predicted octanol–water partition coefficient (Wildman–Crippen LogP) is 4.88. The molecule has 0 saturated carbocycles. The van der Waals surface area contributed by atoms with Gasteiger partial charge in [-0.15, -0.1) is 0 Å². The summed E-state index contributed by atoms with van der Waals surface area (Å²) in [6, 6.07) is 14.5. The molecule has 0 amide bonds. The van der Waals surface area contributed by atoms with E-state index in [0.29, 0.717) is 29.5 Å². The van der Waals surface area contributed by atoms with Crippen molar-refractivity contribution in [3.05, 3.63) is 64.7 Å². The zero-order valence-electron chi connectivity index (χ0n) is 12.5. The molecule has 0 heterocycles. The van der Waals surface area contributed by atoms with Gasteiger partial charge in [-0.2, -0.15) is 0 Å². The molecule has 0 aromatic heterocycles. The van der Waals surface area contributed by atoms with Crippen molar-refractivity contribution in [2.45, 2.75) is 26.4 Å². The van der Waals surface area contributed by atoms with E-state index in [1.54, 1.807) is 18.2 Å². The van der Waals surface area contributed by atoms with Crippen molar-refractivity contribution in [2.75, 3.05) is 6.61 Å². The van der Waals surface area contributed by atoms with Crippen LogP contribution in [0.1, 0.15) is 35.7 Å². The third kappa shape index (κ3) is 5.08. The molecule has 0 spiro atoms. The number of benzene rings is 2. The topological polar surface area (TPSA) is 35.5 Å². The predicted molar refractivity (Wildman–Crippen MR) is 87.4 cm³/mol. The Morgan fingerprint density at radius 1 is 1.14 bits per heavy atom. The van der Waals surface area contributed by atoms with Crippen molar-refractivity contribution in [1.82, 2.24) is 0 Å². The smallest absolute Gasteiger partial charge is 0.338 e. The summed E-state index contributed by atoms with van der Waals surface area (Å²) >= 11 is 5.84. The molecule has 2 aromatic rings. The first-order chi connectivity index (χ1) is 10.7. The lowest BCUT2D eigenvalue weighted by molar-refractivity contribution is 0.0499. The summed E-state index contributed by atoms with van der Waals surface area (Å²) < 4.78 is 10.9. The molecule has 0 atom stereocenters. The molecule has 3 nitrogen and oxygen atoms in total. The van der Waals surface area contributed by atoms with Crippen LogP contribution in [0.3, 0.4) is 0 Å². The highest BCUT2D eigenvalue weighted by atomic mass is 35.5. The van der Waals surface area contributed by atoms with Gasteiger partial charge in [0.2, 0.25) is 0 Å². The Hall–Kier alpha value is -2.00. The molecule has 0 N–H and O–H groups in total. The lowest BCUT2D eigenvalue weighted by Crippen LogP contribution is -2.06. The number of carbonyl (C=O) groups is 1. The van der Waals surface area contributed by atoms with E-state index in [1.165, 1.54) is 0 Å². The molecular weight excluding hydrogens is 300 g/mol. The van der Waals surface area contributed by atoms with Crippen LogP contribution in [-0.4, -0.2) is 12.6 Å². The third-order valence-electron chi connectivity index (χ3n) is 3.12. The first kappa shape index (κ1) is 16.4. The Morgan fingerprint density at radius 2 is 1.91 bits per heavy atom. The number of hydrogen-bond acceptors (Lipinski definition) is 3. The minimum Gasteiger partial charge on any atom is -0.489 e. The van der Waals surface area contributed by atoms with Crippen molar-refractivity contribution < 1.29 is 14.3 Å². The quantitative estimate of drug-likeness (QED) is 0.539. The lowest BCUT2D eigenvalue weighted by atomic mass is 10.2. The molecule has 0 aliphatic heterocycles. The molecule has 0 fully saturated rings. The summed E-state index contributed by atoms with van der Waals surface area (Å²) in [7, 11) is 0. The number of unbranched alkanes of at least 4 members (excludes halogenated alkanes) is 1. The summed E-state index contributed by atoms with van der Waals surface area (Å²) in [5, 5.41) is 0.695. The summed E-state index contributed by atoms with van der Waals surface area (Å²) in [5.74, 6) is 0.324. The molecule has 2 rings (SSSR count). The van der Waals surface area contributed by atoms with Crippen LogP contribution in [0.25, 0.3) is 0 Å². The van der Waals surface area contributed by atoms with Crippen molar-refractivity contribution in [3.8, 4) is 5.75 Å². The summed E-state index contributed by atoms with van der Waals surface area (Å²) in [4.78, 5) is 11.9. The fourth-order valence-electron chi connectivity index (χ4n) is 1.85. The Bertz CT molecular complexity index is 608. The Morgan fingerprint density at radius 3 is 2.64 bits per heavy atom. The molecule has 22 heavy (non-hydrogen) atoms. The molecule has 116 valence electrons. The zero-order chi connectivity index (χ0) is 15.8. The lowest BCUT2D eigenvalue weighted by Gasteiger charge is -2.08. The van der Waals surface area contributed by atoms with Gasteiger partial charge in [-0.3, -0.25) is 0 Å². The number of ether oxygens (including phenoxy) is 2. The Kier molecular flexibility index (Phi) is 6.28. The third-order valence-corrected chi connectivity index (χ3v) is 3.37. The maximum Gasteiger partial charge on any atom is 0.338 e. The number of carbonyl (C=O) groups excluding carboxylic acids is 1. The number of rotatable bonds is 7. The van der Waals surface area contributed by atoms with Crippen molar-refractivity contribution in [3.63, 3.8) is 0 Å². The van der Waals surface area contributed by atoms with Crippen LogP contribution in [0.2, 0.25) is 5.02 Å². The number of hydrogen-bond donors (Lipinski definition) is 0. The monoisotopic (exact) mass is 318 g/mol. The fraction of sp³-hybridized carbons (Fsp3) is 0.278. The zero-order valence-corrected chi connectivity index (χ0v) is 13.3. The minimum absolute atomic E-state index is 0.314. The highest BCUT2D eigenvalue weighted by Crippen LogP contribution is 2.17. The molecule has 0 bridgehead atoms. The average molecular weight is 319 g/mol. The van der Waals surface area contributed by atoms with Gasteiger partial charge in [0, 0.05) is 5.02 Å². The van der Waals surface area contributed by atoms with Crippen LogP contribution in [-0.2, 0) is 11.3 Å². The van der Waals surface area contributed by atoms with E-state index < -0.39 is 0 Å². The van der Waals surface area contributed by atoms with Crippen LogP contribution < -0.4 is 4.74 Å². The average Bonchev–Trinajstić information content (AvgIpc) is 2.55. The molecular formula is C18H19ClO3. The van der Waals surface area contributed by atoms with Crippen LogP contribution >= 0.6 is 11.6 Å². The SMILES string of the molecule is CCCCOC(=O)c1cccc(OCc2ccc(Cl)cc2)c1. The highest BCUT2D eigenvalue weighted by Gasteiger charge is 2.08. The summed E-state index contributed by atoms with van der Waals surface area (Å²) in [5.41, 5.74) is 1.52. The van der Waals surface area contributed by atoms with Gasteiger partial charge in [0.1, 0.15) is 12.4 Å². The largest absolute Gasteiger partial charge is 0.489 e. The van der Waals surface area contributed by atoms with Crippen LogP contribution in [0.4, 0.5) is 0 Å². The van der Waals surface area contributed by atoms with Crippen LogP contribution in [0.15, 0.2) is 48.5 Å². The fourth-order valence-corrected chi connectivity index (χ4v) is 1.98. The van der Waals surface area contributed by atoms with Gasteiger partial charge in [-0.1, -0.05) is 43.1 Å². The van der Waals surface area contributed by atoms with Gasteiger partial charge >= 0.3 is 5.97 Å². The van der Waals surface area contributed by atoms with Crippen molar-refractivity contribution in [2.24, 2.45) is 0 Å². The molecule has 0 radical (unpaired) electrons. The maximum absolute atomic E-state index is 11.9. The van der Waals surface area contributed by atoms with E-state index in [0.717, 1.165) is 18.4 Å². The Balaban J connectivity index is 1.93. The van der Waals surface area contributed by atoms with E-state index in [-0.39, 0.29) is 5.97 Å². The van der Waals surface area contributed by atoms with E-state index in [2.05, 4.69) is 6.92 Å². The second-order valence-corrected chi connectivity index (χ2v) is 5.37. The summed E-state index contributed by atoms with van der Waals surface area (Å²) in [6.45, 7) is 2.93. The molecule has 4 heteroatoms. The molecule has 2 aromatic carbocycles. The summed E-state index contributed by atoms with van der Waals surface area (Å²) in [6.07, 6.45) is 1.87. The molecule has 0 unspecified atom stereocenters. The molecule has 0 saturated heterocycles. The Labute approximate surface area is 135 Å². The van der Waals surface area contributed by atoms with Gasteiger partial charge in [0.15, 0.2) is 0 Å². The molecule has 0 aliphatic rings. The van der Waals surface area contributed by atoms with E-state index >= 15 is 0 Å². The number of esters is 1. The van der Waals surface area contributed by atoms with Gasteiger partial charge < -0.3 is 9.47 Å². The first-order valence-corrected chi connectivity index (χ1v) is 7.71. The van der Waals surface area contributed by atoms with E-state index in [9.17, 15) is 4.79 Å². The van der Waals surface area contributed by atoms with Gasteiger partial charge in [-0.25, -0.2) is 4.79 Å². The van der Waals surface area contributed by atoms with Gasteiger partial charge in [-0.05, 0) is 42.3 Å². The second kappa shape index (κ2) is 8.44. The van der Waals surface area contributed by atoms with Gasteiger partial charge in [0.05, 0.1) is 12.2 Å². The highest BCUT2D eigenvalue weighted by molar-refractivity contribution is 6.30. The number of halogens is 1. The molecule has 0 aliphatic carbocycles. The van der Waals surface area contributed by atoms with Gasteiger partial charge in [0.25, 0.3) is 0 Å². The van der Waals surface area contributed by atoms with Crippen LogP contribution in [0.5, 0.6) is 5.75 Å². The second-order valence-electron chi connectivity index (χ2n) is 4.93. The maximum atomic E-state index is 11.9.